The summed E-state index contributed by atoms with van der Waals surface area (Å²) < 4.78 is 24.7. The van der Waals surface area contributed by atoms with Crippen molar-refractivity contribution >= 4 is 33.2 Å². The second-order valence-corrected chi connectivity index (χ2v) is 7.71. The Hall–Kier alpha value is -2.95. The van der Waals surface area contributed by atoms with Crippen LogP contribution in [-0.4, -0.2) is 36.1 Å². The van der Waals surface area contributed by atoms with E-state index in [4.69, 9.17) is 5.21 Å². The van der Waals surface area contributed by atoms with Gasteiger partial charge in [-0.1, -0.05) is 18.2 Å². The Morgan fingerprint density at radius 3 is 1.96 bits per heavy atom. The number of amides is 3. The van der Waals surface area contributed by atoms with Gasteiger partial charge in [-0.2, -0.15) is 0 Å². The van der Waals surface area contributed by atoms with Gasteiger partial charge in [-0.15, -0.1) is 0 Å². The lowest BCUT2D eigenvalue weighted by Gasteiger charge is -2.17. The lowest BCUT2D eigenvalue weighted by Crippen LogP contribution is -2.38. The van der Waals surface area contributed by atoms with Gasteiger partial charge in [0.15, 0.2) is 5.44 Å². The lowest BCUT2D eigenvalue weighted by atomic mass is 10.2. The van der Waals surface area contributed by atoms with Gasteiger partial charge >= 0.3 is 6.03 Å². The fourth-order valence-electron chi connectivity index (χ4n) is 2.18. The monoisotopic (exact) mass is 393 g/mol. The Bertz CT molecular complexity index is 900. The van der Waals surface area contributed by atoms with Crippen LogP contribution >= 0.6 is 0 Å². The van der Waals surface area contributed by atoms with Crippen LogP contribution in [-0.2, 0) is 14.6 Å². The number of carbonyl (C=O) groups is 2. The fourth-order valence-corrected chi connectivity index (χ4v) is 3.64. The van der Waals surface area contributed by atoms with Crippen LogP contribution < -0.4 is 16.1 Å². The number of hydroxylamine groups is 1. The van der Waals surface area contributed by atoms with Gasteiger partial charge in [0.25, 0.3) is 0 Å². The van der Waals surface area contributed by atoms with E-state index in [2.05, 4.69) is 10.6 Å². The molecule has 27 heavy (non-hydrogen) atoms. The summed E-state index contributed by atoms with van der Waals surface area (Å²) in [5.41, 5.74) is 0.187. The maximum atomic E-state index is 12.4. The molecule has 0 saturated heterocycles. The third-order valence-corrected chi connectivity index (χ3v) is 5.72. The SMILES string of the molecule is CC(C(=O)NO)C(O)S(=O)(=O)c1ccc(NC(=O)Nc2ccccc2)cc1. The van der Waals surface area contributed by atoms with Gasteiger partial charge in [0.05, 0.1) is 10.8 Å². The molecule has 2 aromatic carbocycles. The second-order valence-electron chi connectivity index (χ2n) is 5.67. The van der Waals surface area contributed by atoms with Crippen molar-refractivity contribution in [2.75, 3.05) is 10.6 Å². The second kappa shape index (κ2) is 8.62. The highest BCUT2D eigenvalue weighted by atomic mass is 32.2. The highest BCUT2D eigenvalue weighted by molar-refractivity contribution is 7.92. The van der Waals surface area contributed by atoms with Crippen molar-refractivity contribution in [2.24, 2.45) is 5.92 Å². The molecule has 5 N–H and O–H groups in total. The standard InChI is InChI=1S/C17H19N3O6S/c1-11(15(21)20-24)16(22)27(25,26)14-9-7-13(8-10-14)19-17(23)18-12-5-3-2-4-6-12/h2-11,16,22,24H,1H3,(H,20,21)(H2,18,19,23). The quantitative estimate of drug-likeness (QED) is 0.372. The Morgan fingerprint density at radius 1 is 0.926 bits per heavy atom. The molecule has 0 bridgehead atoms. The molecular weight excluding hydrogens is 374 g/mol. The van der Waals surface area contributed by atoms with Crippen LogP contribution in [0.2, 0.25) is 0 Å². The molecule has 10 heteroatoms. The van der Waals surface area contributed by atoms with Crippen molar-refractivity contribution in [3.63, 3.8) is 0 Å². The largest absolute Gasteiger partial charge is 0.376 e. The van der Waals surface area contributed by atoms with Gasteiger partial charge in [-0.05, 0) is 43.3 Å². The number of aliphatic hydroxyl groups excluding tert-OH is 1. The average molecular weight is 393 g/mol. The van der Waals surface area contributed by atoms with Crippen LogP contribution in [0.15, 0.2) is 59.5 Å². The number of hydrogen-bond donors (Lipinski definition) is 5. The van der Waals surface area contributed by atoms with Crippen molar-refractivity contribution < 1.29 is 28.3 Å². The minimum Gasteiger partial charge on any atom is -0.376 e. The molecule has 2 unspecified atom stereocenters. The highest BCUT2D eigenvalue weighted by Crippen LogP contribution is 2.22. The van der Waals surface area contributed by atoms with E-state index in [1.165, 1.54) is 29.7 Å². The zero-order valence-electron chi connectivity index (χ0n) is 14.3. The summed E-state index contributed by atoms with van der Waals surface area (Å²) in [5.74, 6) is -2.41. The first-order valence-corrected chi connectivity index (χ1v) is 9.39. The number of anilines is 2. The van der Waals surface area contributed by atoms with E-state index >= 15 is 0 Å². The van der Waals surface area contributed by atoms with Gasteiger partial charge in [-0.3, -0.25) is 10.0 Å². The topological polar surface area (TPSA) is 145 Å². The molecule has 2 aromatic rings. The summed E-state index contributed by atoms with van der Waals surface area (Å²) in [4.78, 5) is 23.0. The Morgan fingerprint density at radius 2 is 1.44 bits per heavy atom. The summed E-state index contributed by atoms with van der Waals surface area (Å²) in [5, 5.41) is 23.7. The van der Waals surface area contributed by atoms with E-state index in [1.54, 1.807) is 24.3 Å². The normalized spacial score (nSPS) is 13.3. The van der Waals surface area contributed by atoms with Crippen LogP contribution in [0.1, 0.15) is 6.92 Å². The smallest absolute Gasteiger partial charge is 0.323 e. The molecule has 3 amide bonds. The summed E-state index contributed by atoms with van der Waals surface area (Å²) in [6.07, 6.45) is 0. The number of rotatable bonds is 6. The molecule has 9 nitrogen and oxygen atoms in total. The number of carbonyl (C=O) groups excluding carboxylic acids is 2. The van der Waals surface area contributed by atoms with Gasteiger partial charge in [0.1, 0.15) is 0 Å². The molecule has 0 aliphatic rings. The van der Waals surface area contributed by atoms with E-state index in [0.717, 1.165) is 6.92 Å². The Kier molecular flexibility index (Phi) is 6.50. The van der Waals surface area contributed by atoms with Gasteiger partial charge in [-0.25, -0.2) is 18.7 Å². The third kappa shape index (κ3) is 5.03. The van der Waals surface area contributed by atoms with Gasteiger partial charge in [0.2, 0.25) is 15.7 Å². The van der Waals surface area contributed by atoms with Crippen molar-refractivity contribution in [3.8, 4) is 0 Å². The molecule has 0 aliphatic carbocycles. The highest BCUT2D eigenvalue weighted by Gasteiger charge is 2.34. The van der Waals surface area contributed by atoms with E-state index in [0.29, 0.717) is 11.4 Å². The first-order valence-electron chi connectivity index (χ1n) is 7.84. The molecule has 0 aliphatic heterocycles. The van der Waals surface area contributed by atoms with Crippen molar-refractivity contribution in [1.29, 1.82) is 0 Å². The first-order chi connectivity index (χ1) is 12.8. The minimum atomic E-state index is -4.23. The average Bonchev–Trinajstić information content (AvgIpc) is 2.67. The van der Waals surface area contributed by atoms with Gasteiger partial charge in [0, 0.05) is 11.4 Å². The number of hydrogen-bond acceptors (Lipinski definition) is 6. The van der Waals surface area contributed by atoms with Crippen LogP contribution in [0.3, 0.4) is 0 Å². The Labute approximate surface area is 155 Å². The van der Waals surface area contributed by atoms with Crippen LogP contribution in [0.5, 0.6) is 0 Å². The van der Waals surface area contributed by atoms with Crippen molar-refractivity contribution in [2.45, 2.75) is 17.3 Å². The van der Waals surface area contributed by atoms with E-state index < -0.39 is 33.1 Å². The zero-order valence-corrected chi connectivity index (χ0v) is 15.1. The molecule has 0 aromatic heterocycles. The Balaban J connectivity index is 2.07. The maximum Gasteiger partial charge on any atom is 0.323 e. The van der Waals surface area contributed by atoms with Crippen molar-refractivity contribution in [3.05, 3.63) is 54.6 Å². The molecular formula is C17H19N3O6S. The summed E-state index contributed by atoms with van der Waals surface area (Å²) in [6, 6.07) is 13.3. The molecule has 0 fully saturated rings. The molecule has 2 atom stereocenters. The third-order valence-electron chi connectivity index (χ3n) is 3.74. The van der Waals surface area contributed by atoms with Crippen LogP contribution in [0.4, 0.5) is 16.2 Å². The number of benzene rings is 2. The minimum absolute atomic E-state index is 0.235. The molecule has 0 heterocycles. The van der Waals surface area contributed by atoms with Crippen LogP contribution in [0.25, 0.3) is 0 Å². The summed E-state index contributed by atoms with van der Waals surface area (Å²) in [7, 11) is -4.23. The molecule has 0 radical (unpaired) electrons. The predicted octanol–water partition coefficient (Wildman–Crippen LogP) is 1.56. The molecule has 144 valence electrons. The molecule has 0 saturated carbocycles. The number of urea groups is 1. The number of nitrogens with one attached hydrogen (secondary N) is 3. The lowest BCUT2D eigenvalue weighted by molar-refractivity contribution is -0.134. The number of aliphatic hydroxyl groups is 1. The molecule has 2 rings (SSSR count). The number of sulfone groups is 1. The fraction of sp³-hybridized carbons (Fsp3) is 0.176. The summed E-state index contributed by atoms with van der Waals surface area (Å²) in [6.45, 7) is 1.16. The molecule has 0 spiro atoms. The van der Waals surface area contributed by atoms with Crippen LogP contribution in [0, 0.1) is 5.92 Å². The van der Waals surface area contributed by atoms with Crippen molar-refractivity contribution in [1.82, 2.24) is 5.48 Å². The maximum absolute atomic E-state index is 12.4. The van der Waals surface area contributed by atoms with E-state index in [1.807, 2.05) is 6.07 Å². The summed E-state index contributed by atoms with van der Waals surface area (Å²) >= 11 is 0. The van der Waals surface area contributed by atoms with E-state index in [-0.39, 0.29) is 4.90 Å². The van der Waals surface area contributed by atoms with E-state index in [9.17, 15) is 23.1 Å². The van der Waals surface area contributed by atoms with Gasteiger partial charge < -0.3 is 15.7 Å². The first kappa shape index (κ1) is 20.4. The zero-order chi connectivity index (χ0) is 20.0. The predicted molar refractivity (Wildman–Crippen MR) is 97.8 cm³/mol. The number of para-hydroxylation sites is 1.